The molecule has 120 valence electrons. The molecule has 0 fully saturated rings. The van der Waals surface area contributed by atoms with E-state index in [9.17, 15) is 18.3 Å². The van der Waals surface area contributed by atoms with Crippen LogP contribution in [0.25, 0.3) is 10.8 Å². The molecule has 2 N–H and O–H groups in total. The molecule has 1 aliphatic heterocycles. The number of nitrogens with one attached hydrogen (secondary N) is 1. The minimum absolute atomic E-state index is 0.0303. The van der Waals surface area contributed by atoms with Crippen molar-refractivity contribution in [3.63, 3.8) is 0 Å². The molecule has 0 radical (unpaired) electrons. The van der Waals surface area contributed by atoms with Crippen molar-refractivity contribution in [1.29, 1.82) is 0 Å². The molecule has 22 heavy (non-hydrogen) atoms. The van der Waals surface area contributed by atoms with Crippen molar-refractivity contribution in [2.75, 3.05) is 6.54 Å². The Balaban J connectivity index is 2.26. The highest BCUT2D eigenvalue weighted by Gasteiger charge is 2.36. The van der Waals surface area contributed by atoms with E-state index in [1.807, 2.05) is 0 Å². The predicted octanol–water partition coefficient (Wildman–Crippen LogP) is 4.06. The van der Waals surface area contributed by atoms with Gasteiger partial charge in [-0.3, -0.25) is 0 Å². The van der Waals surface area contributed by atoms with Crippen LogP contribution in [0.15, 0.2) is 18.2 Å². The van der Waals surface area contributed by atoms with Gasteiger partial charge in [-0.25, -0.2) is 0 Å². The van der Waals surface area contributed by atoms with Crippen LogP contribution in [0.2, 0.25) is 0 Å². The van der Waals surface area contributed by atoms with Crippen molar-refractivity contribution in [1.82, 2.24) is 9.88 Å². The lowest BCUT2D eigenvalue weighted by molar-refractivity contribution is -0.136. The van der Waals surface area contributed by atoms with Gasteiger partial charge in [0, 0.05) is 30.2 Å². The number of halogens is 3. The lowest BCUT2D eigenvalue weighted by Crippen LogP contribution is -2.33. The van der Waals surface area contributed by atoms with Crippen molar-refractivity contribution < 1.29 is 18.3 Å². The number of benzene rings is 1. The number of nitrogens with zero attached hydrogens (tertiary/aromatic N) is 1. The molecule has 0 saturated heterocycles. The van der Waals surface area contributed by atoms with E-state index in [2.05, 4.69) is 19.2 Å². The normalized spacial score (nSPS) is 18.9. The fraction of sp³-hybridized carbons (Fsp3) is 0.500. The fourth-order valence-corrected chi connectivity index (χ4v) is 3.40. The van der Waals surface area contributed by atoms with E-state index in [1.54, 1.807) is 10.6 Å². The van der Waals surface area contributed by atoms with Crippen LogP contribution in [0.4, 0.5) is 13.2 Å². The van der Waals surface area contributed by atoms with Crippen molar-refractivity contribution in [2.24, 2.45) is 5.92 Å². The summed E-state index contributed by atoms with van der Waals surface area (Å²) in [5, 5.41) is 14.1. The quantitative estimate of drug-likeness (QED) is 0.877. The molecular formula is C16H19F3N2O. The number of hydrogen-bond acceptors (Lipinski definition) is 2. The van der Waals surface area contributed by atoms with Gasteiger partial charge in [-0.05, 0) is 18.4 Å². The van der Waals surface area contributed by atoms with Gasteiger partial charge in [0.05, 0.1) is 10.9 Å². The molecule has 1 aliphatic rings. The van der Waals surface area contributed by atoms with Gasteiger partial charge in [0.15, 0.2) is 5.88 Å². The minimum atomic E-state index is -4.48. The summed E-state index contributed by atoms with van der Waals surface area (Å²) in [4.78, 5) is 0. The second-order valence-corrected chi connectivity index (χ2v) is 6.28. The number of aromatic nitrogens is 1. The molecule has 3 nitrogen and oxygen atoms in total. The zero-order chi connectivity index (χ0) is 16.1. The van der Waals surface area contributed by atoms with Gasteiger partial charge >= 0.3 is 6.18 Å². The summed E-state index contributed by atoms with van der Waals surface area (Å²) < 4.78 is 41.4. The molecule has 0 spiro atoms. The smallest absolute Gasteiger partial charge is 0.417 e. The molecule has 1 aromatic heterocycles. The average Bonchev–Trinajstić information content (AvgIpc) is 2.72. The Labute approximate surface area is 126 Å². The zero-order valence-corrected chi connectivity index (χ0v) is 12.5. The first-order chi connectivity index (χ1) is 10.3. The summed E-state index contributed by atoms with van der Waals surface area (Å²) in [6.45, 7) is 5.25. The summed E-state index contributed by atoms with van der Waals surface area (Å²) in [5.74, 6) is 0.134. The summed E-state index contributed by atoms with van der Waals surface area (Å²) in [7, 11) is 0. The van der Waals surface area contributed by atoms with E-state index >= 15 is 0 Å². The molecule has 0 amide bonds. The van der Waals surface area contributed by atoms with Crippen LogP contribution < -0.4 is 5.32 Å². The summed E-state index contributed by atoms with van der Waals surface area (Å²) >= 11 is 0. The number of aromatic hydroxyl groups is 1. The first-order valence-corrected chi connectivity index (χ1v) is 7.43. The van der Waals surface area contributed by atoms with Crippen LogP contribution >= 0.6 is 0 Å². The first-order valence-electron chi connectivity index (χ1n) is 7.43. The summed E-state index contributed by atoms with van der Waals surface area (Å²) in [5.41, 5.74) is -0.0387. The van der Waals surface area contributed by atoms with E-state index in [4.69, 9.17) is 0 Å². The van der Waals surface area contributed by atoms with Crippen LogP contribution in [-0.4, -0.2) is 16.2 Å². The third-order valence-electron chi connectivity index (χ3n) is 4.20. The Bertz CT molecular complexity index is 703. The highest BCUT2D eigenvalue weighted by Crippen LogP contribution is 2.44. The maximum absolute atomic E-state index is 13.2. The zero-order valence-electron chi connectivity index (χ0n) is 12.5. The molecule has 6 heteroatoms. The molecule has 1 aromatic carbocycles. The van der Waals surface area contributed by atoms with Gasteiger partial charge in [-0.15, -0.1) is 0 Å². The third kappa shape index (κ3) is 2.35. The van der Waals surface area contributed by atoms with Crippen LogP contribution in [0.3, 0.4) is 0 Å². The first kappa shape index (κ1) is 15.2. The Morgan fingerprint density at radius 2 is 2.09 bits per heavy atom. The van der Waals surface area contributed by atoms with Crippen molar-refractivity contribution in [2.45, 2.75) is 39.0 Å². The van der Waals surface area contributed by atoms with Gasteiger partial charge in [0.1, 0.15) is 0 Å². The van der Waals surface area contributed by atoms with Crippen LogP contribution in [0.5, 0.6) is 5.88 Å². The van der Waals surface area contributed by atoms with Gasteiger partial charge in [-0.2, -0.15) is 13.2 Å². The second-order valence-electron chi connectivity index (χ2n) is 6.28. The molecule has 0 bridgehead atoms. The van der Waals surface area contributed by atoms with Crippen molar-refractivity contribution in [3.05, 3.63) is 29.5 Å². The van der Waals surface area contributed by atoms with Crippen LogP contribution in [0, 0.1) is 5.92 Å². The van der Waals surface area contributed by atoms with E-state index in [0.717, 1.165) is 18.2 Å². The Morgan fingerprint density at radius 1 is 1.36 bits per heavy atom. The monoisotopic (exact) mass is 312 g/mol. The fourth-order valence-electron chi connectivity index (χ4n) is 3.40. The number of rotatable bonds is 2. The molecule has 1 atom stereocenters. The number of alkyl halides is 3. The maximum atomic E-state index is 13.2. The van der Waals surface area contributed by atoms with Gasteiger partial charge < -0.3 is 15.0 Å². The molecular weight excluding hydrogens is 293 g/mol. The van der Waals surface area contributed by atoms with Crippen molar-refractivity contribution >= 4 is 10.8 Å². The predicted molar refractivity (Wildman–Crippen MR) is 78.8 cm³/mol. The minimum Gasteiger partial charge on any atom is -0.494 e. The van der Waals surface area contributed by atoms with Crippen LogP contribution in [0.1, 0.15) is 37.6 Å². The van der Waals surface area contributed by atoms with Gasteiger partial charge in [0.2, 0.25) is 0 Å². The second kappa shape index (κ2) is 5.19. The lowest BCUT2D eigenvalue weighted by Gasteiger charge is -2.29. The van der Waals surface area contributed by atoms with Gasteiger partial charge in [0.25, 0.3) is 0 Å². The highest BCUT2D eigenvalue weighted by atomic mass is 19.4. The number of fused-ring (bicyclic) bond motifs is 3. The summed E-state index contributed by atoms with van der Waals surface area (Å²) in [6.07, 6.45) is -3.68. The van der Waals surface area contributed by atoms with Crippen molar-refractivity contribution in [3.8, 4) is 5.88 Å². The standard InChI is InChI=1S/C16H19F3N2O/c1-9(2)6-10-7-20-8-13-11-4-3-5-12(16(17,18)19)14(11)15(22)21(10)13/h3-5,9-10,20,22H,6-8H2,1-2H3/t10-/m0/s1. The largest absolute Gasteiger partial charge is 0.494 e. The van der Waals surface area contributed by atoms with Gasteiger partial charge in [-0.1, -0.05) is 26.0 Å². The Hall–Kier alpha value is -1.69. The van der Waals surface area contributed by atoms with E-state index in [1.165, 1.54) is 6.07 Å². The topological polar surface area (TPSA) is 37.2 Å². The summed E-state index contributed by atoms with van der Waals surface area (Å²) in [6, 6.07) is 4.05. The number of hydrogen-bond donors (Lipinski definition) is 2. The van der Waals surface area contributed by atoms with E-state index < -0.39 is 11.7 Å². The maximum Gasteiger partial charge on any atom is 0.417 e. The van der Waals surface area contributed by atoms with Crippen LogP contribution in [-0.2, 0) is 12.7 Å². The highest BCUT2D eigenvalue weighted by molar-refractivity contribution is 5.94. The molecule has 0 saturated carbocycles. The SMILES string of the molecule is CC(C)C[C@H]1CNCc2c3cccc(C(F)(F)F)c3c(O)n21. The molecule has 2 heterocycles. The Kier molecular flexibility index (Phi) is 3.59. The molecule has 0 unspecified atom stereocenters. The molecule has 2 aromatic rings. The molecule has 0 aliphatic carbocycles. The van der Waals surface area contributed by atoms with E-state index in [0.29, 0.717) is 24.4 Å². The van der Waals surface area contributed by atoms with E-state index in [-0.39, 0.29) is 17.3 Å². The Morgan fingerprint density at radius 3 is 2.73 bits per heavy atom. The average molecular weight is 312 g/mol. The molecule has 3 rings (SSSR count). The lowest BCUT2D eigenvalue weighted by atomic mass is 10.0. The third-order valence-corrected chi connectivity index (χ3v) is 4.20.